The number of pyridine rings is 1. The number of rotatable bonds is 9. The van der Waals surface area contributed by atoms with E-state index in [2.05, 4.69) is 14.5 Å². The maximum absolute atomic E-state index is 14.3. The molecule has 1 saturated heterocycles. The maximum Gasteiger partial charge on any atom is 0.337 e. The zero-order valence-corrected chi connectivity index (χ0v) is 23.7. The summed E-state index contributed by atoms with van der Waals surface area (Å²) >= 11 is 0. The quantitative estimate of drug-likeness (QED) is 0.253. The molecule has 9 nitrogen and oxygen atoms in total. The van der Waals surface area contributed by atoms with Gasteiger partial charge in [-0.1, -0.05) is 12.1 Å². The molecule has 2 aromatic heterocycles. The number of methoxy groups -OCH3 is 2. The van der Waals surface area contributed by atoms with E-state index in [1.165, 1.54) is 13.2 Å². The van der Waals surface area contributed by atoms with Gasteiger partial charge >= 0.3 is 5.97 Å². The monoisotopic (exact) mass is 569 g/mol. The van der Waals surface area contributed by atoms with Crippen molar-refractivity contribution in [1.29, 1.82) is 5.26 Å². The number of halogens is 1. The third-order valence-electron chi connectivity index (χ3n) is 8.57. The van der Waals surface area contributed by atoms with Crippen molar-refractivity contribution in [2.45, 2.75) is 38.3 Å². The summed E-state index contributed by atoms with van der Waals surface area (Å²) in [6.07, 6.45) is 3.11. The van der Waals surface area contributed by atoms with Gasteiger partial charge in [-0.05, 0) is 61.1 Å². The fraction of sp³-hybridized carbons (Fsp3) is 0.375. The molecule has 3 heterocycles. The molecule has 2 fully saturated rings. The number of nitrogens with zero attached hydrogens (tertiary/aromatic N) is 5. The maximum atomic E-state index is 14.3. The van der Waals surface area contributed by atoms with Crippen LogP contribution in [0.2, 0.25) is 0 Å². The van der Waals surface area contributed by atoms with Crippen molar-refractivity contribution in [3.05, 3.63) is 82.9 Å². The minimum atomic E-state index is -0.467. The van der Waals surface area contributed by atoms with Crippen molar-refractivity contribution in [2.24, 2.45) is 5.41 Å². The predicted octanol–water partition coefficient (Wildman–Crippen LogP) is 5.23. The van der Waals surface area contributed by atoms with Gasteiger partial charge in [-0.2, -0.15) is 10.2 Å². The van der Waals surface area contributed by atoms with Gasteiger partial charge in [0.25, 0.3) is 0 Å². The number of piperidine rings is 1. The van der Waals surface area contributed by atoms with Gasteiger partial charge in [0.2, 0.25) is 5.88 Å². The van der Waals surface area contributed by atoms with Crippen LogP contribution in [0.3, 0.4) is 0 Å². The van der Waals surface area contributed by atoms with Crippen molar-refractivity contribution in [2.75, 3.05) is 38.8 Å². The van der Waals surface area contributed by atoms with Gasteiger partial charge in [0, 0.05) is 44.3 Å². The number of carbonyl (C=O) groups excluding carboxylic acids is 1. The van der Waals surface area contributed by atoms with E-state index in [4.69, 9.17) is 24.5 Å². The van der Waals surface area contributed by atoms with Gasteiger partial charge in [0.1, 0.15) is 24.1 Å². The molecular weight excluding hydrogens is 537 g/mol. The Labute approximate surface area is 243 Å². The summed E-state index contributed by atoms with van der Waals surface area (Å²) in [4.78, 5) is 24.1. The van der Waals surface area contributed by atoms with E-state index in [1.54, 1.807) is 31.4 Å². The number of hydrogen-bond acceptors (Lipinski definition) is 8. The highest BCUT2D eigenvalue weighted by Crippen LogP contribution is 2.65. The summed E-state index contributed by atoms with van der Waals surface area (Å²) in [7, 11) is 3.08. The number of fused-ring (bicyclic) bond motifs is 1. The lowest BCUT2D eigenvalue weighted by atomic mass is 9.90. The second kappa shape index (κ2) is 11.4. The first-order valence-corrected chi connectivity index (χ1v) is 14.1. The zero-order valence-electron chi connectivity index (χ0n) is 23.7. The van der Waals surface area contributed by atoms with Crippen molar-refractivity contribution in [3.8, 4) is 11.9 Å². The lowest BCUT2D eigenvalue weighted by molar-refractivity contribution is 0.0601. The Morgan fingerprint density at radius 3 is 2.69 bits per heavy atom. The number of benzene rings is 2. The van der Waals surface area contributed by atoms with Crippen LogP contribution in [0.15, 0.2) is 54.6 Å². The van der Waals surface area contributed by atoms with Crippen molar-refractivity contribution < 1.29 is 23.4 Å². The molecule has 2 aliphatic rings. The molecule has 1 atom stereocenters. The molecule has 4 aromatic rings. The van der Waals surface area contributed by atoms with Crippen LogP contribution in [-0.2, 0) is 22.6 Å². The van der Waals surface area contributed by atoms with Gasteiger partial charge < -0.3 is 23.7 Å². The average Bonchev–Trinajstić information content (AvgIpc) is 3.59. The lowest BCUT2D eigenvalue weighted by Crippen LogP contribution is -2.35. The van der Waals surface area contributed by atoms with Gasteiger partial charge in [-0.25, -0.2) is 14.2 Å². The molecule has 1 aliphatic heterocycles. The van der Waals surface area contributed by atoms with E-state index in [0.717, 1.165) is 55.0 Å². The minimum absolute atomic E-state index is 0.0317. The summed E-state index contributed by atoms with van der Waals surface area (Å²) in [6, 6.07) is 17.5. The minimum Gasteiger partial charge on any atom is -0.473 e. The lowest BCUT2D eigenvalue weighted by Gasteiger charge is -2.34. The standard InChI is InChI=1S/C32H32FN5O4/c1-40-15-14-38-27-9-8-22(31(39)41-2)17-26(27)35-30(38)24-18-32(24)10-12-37(13-11-32)28-4-3-5-29(36-28)42-20-23-7-6-21(19-34)16-25(23)33/h3-9,16-17,24H,10-15,18,20H2,1-2H3. The number of ether oxygens (including phenoxy) is 3. The normalized spacial score (nSPS) is 17.3. The Bertz CT molecular complexity index is 1670. The van der Waals surface area contributed by atoms with Gasteiger partial charge in [0.15, 0.2) is 0 Å². The topological polar surface area (TPSA) is 103 Å². The van der Waals surface area contributed by atoms with Crippen LogP contribution in [-0.4, -0.2) is 54.4 Å². The van der Waals surface area contributed by atoms with Crippen LogP contribution in [0.5, 0.6) is 5.88 Å². The summed E-state index contributed by atoms with van der Waals surface area (Å²) in [6.45, 7) is 3.03. The van der Waals surface area contributed by atoms with Crippen LogP contribution < -0.4 is 9.64 Å². The number of aromatic nitrogens is 3. The molecule has 0 N–H and O–H groups in total. The summed E-state index contributed by atoms with van der Waals surface area (Å²) in [5, 5.41) is 8.95. The molecule has 1 saturated carbocycles. The third kappa shape index (κ3) is 5.28. The molecule has 42 heavy (non-hydrogen) atoms. The fourth-order valence-corrected chi connectivity index (χ4v) is 6.07. The second-order valence-electron chi connectivity index (χ2n) is 11.0. The van der Waals surface area contributed by atoms with E-state index in [1.807, 2.05) is 30.3 Å². The van der Waals surface area contributed by atoms with Crippen molar-refractivity contribution >= 4 is 22.8 Å². The van der Waals surface area contributed by atoms with Gasteiger partial charge in [-0.15, -0.1) is 0 Å². The number of hydrogen-bond donors (Lipinski definition) is 0. The van der Waals surface area contributed by atoms with E-state index >= 15 is 0 Å². The smallest absolute Gasteiger partial charge is 0.337 e. The van der Waals surface area contributed by atoms with Crippen LogP contribution >= 0.6 is 0 Å². The largest absolute Gasteiger partial charge is 0.473 e. The molecule has 0 amide bonds. The molecule has 0 bridgehead atoms. The molecule has 0 radical (unpaired) electrons. The Morgan fingerprint density at radius 1 is 1.12 bits per heavy atom. The average molecular weight is 570 g/mol. The Kier molecular flexibility index (Phi) is 7.52. The highest BCUT2D eigenvalue weighted by molar-refractivity contribution is 5.93. The summed E-state index contributed by atoms with van der Waals surface area (Å²) in [5.74, 6) is 1.83. The van der Waals surface area contributed by atoms with E-state index in [-0.39, 0.29) is 23.6 Å². The molecular formula is C32H32FN5O4. The van der Waals surface area contributed by atoms with E-state index in [9.17, 15) is 9.18 Å². The first-order valence-electron chi connectivity index (χ1n) is 14.1. The molecule has 1 unspecified atom stereocenters. The zero-order chi connectivity index (χ0) is 29.3. The van der Waals surface area contributed by atoms with Crippen molar-refractivity contribution in [3.63, 3.8) is 0 Å². The van der Waals surface area contributed by atoms with Crippen LogP contribution in [0.25, 0.3) is 11.0 Å². The first kappa shape index (κ1) is 27.7. The molecule has 6 rings (SSSR count). The van der Waals surface area contributed by atoms with Crippen LogP contribution in [0, 0.1) is 22.6 Å². The Morgan fingerprint density at radius 2 is 1.95 bits per heavy atom. The van der Waals surface area contributed by atoms with Crippen molar-refractivity contribution in [1.82, 2.24) is 14.5 Å². The number of imidazole rings is 1. The molecule has 216 valence electrons. The number of esters is 1. The number of carbonyl (C=O) groups is 1. The third-order valence-corrected chi connectivity index (χ3v) is 8.57. The number of nitriles is 1. The molecule has 10 heteroatoms. The molecule has 2 aromatic carbocycles. The number of anilines is 1. The van der Waals surface area contributed by atoms with E-state index < -0.39 is 5.82 Å². The second-order valence-corrected chi connectivity index (χ2v) is 11.0. The Balaban J connectivity index is 1.13. The molecule has 1 spiro atoms. The fourth-order valence-electron chi connectivity index (χ4n) is 6.07. The highest BCUT2D eigenvalue weighted by atomic mass is 19.1. The van der Waals surface area contributed by atoms with Gasteiger partial charge in [0.05, 0.1) is 41.9 Å². The summed E-state index contributed by atoms with van der Waals surface area (Å²) in [5.41, 5.74) is 3.12. The predicted molar refractivity (Wildman–Crippen MR) is 154 cm³/mol. The molecule has 1 aliphatic carbocycles. The van der Waals surface area contributed by atoms with E-state index in [0.29, 0.717) is 36.1 Å². The van der Waals surface area contributed by atoms with Crippen LogP contribution in [0.4, 0.5) is 10.2 Å². The SMILES string of the molecule is COCCn1c(C2CC23CCN(c2cccc(OCc4ccc(C#N)cc4F)n2)CC3)nc2cc(C(=O)OC)ccc21. The first-order chi connectivity index (χ1) is 20.4. The Hall–Kier alpha value is -4.49. The van der Waals surface area contributed by atoms with Crippen LogP contribution in [0.1, 0.15) is 52.5 Å². The highest BCUT2D eigenvalue weighted by Gasteiger charge is 2.57. The van der Waals surface area contributed by atoms with Gasteiger partial charge in [-0.3, -0.25) is 0 Å². The summed E-state index contributed by atoms with van der Waals surface area (Å²) < 4.78 is 32.6.